The quantitative estimate of drug-likeness (QED) is 0.382. The topological polar surface area (TPSA) is 54.6 Å². The van der Waals surface area contributed by atoms with Gasteiger partial charge >= 0.3 is 5.91 Å². The zero-order chi connectivity index (χ0) is 16.4. The lowest BCUT2D eigenvalue weighted by molar-refractivity contribution is 0.0929. The second-order valence-electron chi connectivity index (χ2n) is 4.67. The third-order valence-electron chi connectivity index (χ3n) is 3.01. The summed E-state index contributed by atoms with van der Waals surface area (Å²) >= 11 is 10.2. The molecule has 1 amide bonds. The molecular formula is C16H9Br3N2O2. The fourth-order valence-electron chi connectivity index (χ4n) is 1.96. The van der Waals surface area contributed by atoms with Crippen molar-refractivity contribution in [3.63, 3.8) is 0 Å². The van der Waals surface area contributed by atoms with E-state index in [2.05, 4.69) is 58.3 Å². The predicted octanol–water partition coefficient (Wildman–Crippen LogP) is 5.48. The molecular weight excluding hydrogens is 492 g/mol. The number of halogens is 3. The van der Waals surface area contributed by atoms with Crippen molar-refractivity contribution in [3.8, 4) is 0 Å². The molecule has 3 aromatic rings. The van der Waals surface area contributed by atoms with Gasteiger partial charge in [0, 0.05) is 14.3 Å². The van der Waals surface area contributed by atoms with Crippen LogP contribution in [0, 0.1) is 0 Å². The molecule has 0 fully saturated rings. The van der Waals surface area contributed by atoms with Gasteiger partial charge in [-0.05, 0) is 51.8 Å². The van der Waals surface area contributed by atoms with Crippen LogP contribution in [0.5, 0.6) is 0 Å². The maximum absolute atomic E-state index is 12.1. The van der Waals surface area contributed by atoms with Crippen molar-refractivity contribution in [2.75, 3.05) is 0 Å². The SMILES string of the molecule is O=C(N/N=C\c1ccc(Br)cc1)c1cc2cc(Br)cc(Br)c2o1. The second-order valence-corrected chi connectivity index (χ2v) is 7.35. The van der Waals surface area contributed by atoms with Crippen molar-refractivity contribution in [3.05, 3.63) is 67.2 Å². The van der Waals surface area contributed by atoms with Crippen molar-refractivity contribution < 1.29 is 9.21 Å². The van der Waals surface area contributed by atoms with Gasteiger partial charge in [-0.15, -0.1) is 0 Å². The predicted molar refractivity (Wildman–Crippen MR) is 101 cm³/mol. The molecule has 2 aromatic carbocycles. The number of amides is 1. The van der Waals surface area contributed by atoms with Crippen LogP contribution in [-0.2, 0) is 0 Å². The first-order valence-electron chi connectivity index (χ1n) is 6.50. The van der Waals surface area contributed by atoms with Crippen LogP contribution < -0.4 is 5.43 Å². The highest BCUT2D eigenvalue weighted by Crippen LogP contribution is 2.30. The molecule has 7 heteroatoms. The van der Waals surface area contributed by atoms with E-state index in [4.69, 9.17) is 4.42 Å². The van der Waals surface area contributed by atoms with Gasteiger partial charge in [0.2, 0.25) is 0 Å². The van der Waals surface area contributed by atoms with Crippen LogP contribution in [0.2, 0.25) is 0 Å². The molecule has 0 aliphatic rings. The highest BCUT2D eigenvalue weighted by atomic mass is 79.9. The van der Waals surface area contributed by atoms with Crippen LogP contribution in [0.4, 0.5) is 0 Å². The van der Waals surface area contributed by atoms with E-state index in [0.717, 1.165) is 24.4 Å². The van der Waals surface area contributed by atoms with Crippen LogP contribution in [0.3, 0.4) is 0 Å². The molecule has 4 nitrogen and oxygen atoms in total. The Morgan fingerprint density at radius 1 is 1.04 bits per heavy atom. The summed E-state index contributed by atoms with van der Waals surface area (Å²) in [6.07, 6.45) is 1.57. The molecule has 1 aromatic heterocycles. The van der Waals surface area contributed by atoms with Crippen LogP contribution in [0.25, 0.3) is 11.0 Å². The van der Waals surface area contributed by atoms with Crippen LogP contribution >= 0.6 is 47.8 Å². The Bertz CT molecular complexity index is 902. The molecule has 0 bridgehead atoms. The molecule has 0 atom stereocenters. The van der Waals surface area contributed by atoms with Crippen LogP contribution in [0.15, 0.2) is 65.4 Å². The lowest BCUT2D eigenvalue weighted by Crippen LogP contribution is -2.16. The molecule has 0 spiro atoms. The third kappa shape index (κ3) is 3.91. The van der Waals surface area contributed by atoms with Crippen molar-refractivity contribution in [2.45, 2.75) is 0 Å². The lowest BCUT2D eigenvalue weighted by atomic mass is 10.2. The molecule has 0 saturated heterocycles. The van der Waals surface area contributed by atoms with Crippen LogP contribution in [0.1, 0.15) is 16.1 Å². The number of hydrazone groups is 1. The van der Waals surface area contributed by atoms with Crippen molar-refractivity contribution >= 4 is 70.9 Å². The number of nitrogens with one attached hydrogen (secondary N) is 1. The number of furan rings is 1. The summed E-state index contributed by atoms with van der Waals surface area (Å²) in [6, 6.07) is 13.0. The number of hydrogen-bond donors (Lipinski definition) is 1. The summed E-state index contributed by atoms with van der Waals surface area (Å²) in [7, 11) is 0. The van der Waals surface area contributed by atoms with E-state index in [1.165, 1.54) is 0 Å². The largest absolute Gasteiger partial charge is 0.450 e. The maximum Gasteiger partial charge on any atom is 0.307 e. The number of carbonyl (C=O) groups is 1. The molecule has 0 aliphatic carbocycles. The minimum Gasteiger partial charge on any atom is -0.450 e. The lowest BCUT2D eigenvalue weighted by Gasteiger charge is -1.96. The Morgan fingerprint density at radius 2 is 1.78 bits per heavy atom. The fourth-order valence-corrected chi connectivity index (χ4v) is 3.56. The minimum atomic E-state index is -0.405. The van der Waals surface area contributed by atoms with Gasteiger partial charge in [0.1, 0.15) is 5.58 Å². The van der Waals surface area contributed by atoms with E-state index < -0.39 is 5.91 Å². The van der Waals surface area contributed by atoms with Gasteiger partial charge in [-0.2, -0.15) is 5.10 Å². The Morgan fingerprint density at radius 3 is 2.52 bits per heavy atom. The summed E-state index contributed by atoms with van der Waals surface area (Å²) in [5.74, 6) is -0.204. The fraction of sp³-hybridized carbons (Fsp3) is 0. The molecule has 0 saturated carbocycles. The number of hydrogen-bond acceptors (Lipinski definition) is 3. The standard InChI is InChI=1S/C16H9Br3N2O2/c17-11-3-1-9(2-4-11)8-20-21-16(22)14-6-10-5-12(18)7-13(19)15(10)23-14/h1-8H,(H,21,22)/b20-8-. The normalized spacial score (nSPS) is 11.3. The minimum absolute atomic E-state index is 0.201. The summed E-state index contributed by atoms with van der Waals surface area (Å²) in [5, 5.41) is 4.76. The van der Waals surface area contributed by atoms with Crippen molar-refractivity contribution in [1.29, 1.82) is 0 Å². The number of benzene rings is 2. The monoisotopic (exact) mass is 498 g/mol. The van der Waals surface area contributed by atoms with E-state index in [1.807, 2.05) is 36.4 Å². The third-order valence-corrected chi connectivity index (χ3v) is 4.58. The van der Waals surface area contributed by atoms with E-state index in [9.17, 15) is 4.79 Å². The average Bonchev–Trinajstić information content (AvgIpc) is 2.93. The second kappa shape index (κ2) is 6.98. The van der Waals surface area contributed by atoms with Gasteiger partial charge in [0.25, 0.3) is 0 Å². The number of rotatable bonds is 3. The Labute approximate surface area is 157 Å². The van der Waals surface area contributed by atoms with E-state index in [0.29, 0.717) is 5.58 Å². The summed E-state index contributed by atoms with van der Waals surface area (Å²) in [4.78, 5) is 12.1. The average molecular weight is 501 g/mol. The zero-order valence-corrected chi connectivity index (χ0v) is 16.3. The van der Waals surface area contributed by atoms with Gasteiger partial charge in [-0.3, -0.25) is 4.79 Å². The first kappa shape index (κ1) is 16.4. The van der Waals surface area contributed by atoms with Gasteiger partial charge < -0.3 is 4.42 Å². The first-order valence-corrected chi connectivity index (χ1v) is 8.88. The molecule has 1 N–H and O–H groups in total. The van der Waals surface area contributed by atoms with E-state index in [1.54, 1.807) is 12.3 Å². The van der Waals surface area contributed by atoms with Gasteiger partial charge in [-0.25, -0.2) is 5.43 Å². The maximum atomic E-state index is 12.1. The van der Waals surface area contributed by atoms with Gasteiger partial charge in [-0.1, -0.05) is 44.0 Å². The number of nitrogens with zero attached hydrogens (tertiary/aromatic N) is 1. The van der Waals surface area contributed by atoms with Crippen LogP contribution in [-0.4, -0.2) is 12.1 Å². The van der Waals surface area contributed by atoms with E-state index >= 15 is 0 Å². The highest BCUT2D eigenvalue weighted by Gasteiger charge is 2.14. The van der Waals surface area contributed by atoms with Gasteiger partial charge in [0.15, 0.2) is 5.76 Å². The molecule has 23 heavy (non-hydrogen) atoms. The van der Waals surface area contributed by atoms with Crippen molar-refractivity contribution in [2.24, 2.45) is 5.10 Å². The van der Waals surface area contributed by atoms with Crippen molar-refractivity contribution in [1.82, 2.24) is 5.43 Å². The molecule has 3 rings (SSSR count). The summed E-state index contributed by atoms with van der Waals surface area (Å²) < 4.78 is 8.24. The number of fused-ring (bicyclic) bond motifs is 1. The van der Waals surface area contributed by atoms with E-state index in [-0.39, 0.29) is 5.76 Å². The molecule has 0 aliphatic heterocycles. The molecule has 0 radical (unpaired) electrons. The summed E-state index contributed by atoms with van der Waals surface area (Å²) in [5.41, 5.74) is 3.96. The first-order chi connectivity index (χ1) is 11.0. The smallest absolute Gasteiger partial charge is 0.307 e. The summed E-state index contributed by atoms with van der Waals surface area (Å²) in [6.45, 7) is 0. The number of carbonyl (C=O) groups excluding carboxylic acids is 1. The Balaban J connectivity index is 1.75. The van der Waals surface area contributed by atoms with Gasteiger partial charge in [0.05, 0.1) is 10.7 Å². The molecule has 0 unspecified atom stereocenters. The molecule has 1 heterocycles. The zero-order valence-electron chi connectivity index (χ0n) is 11.5. The molecule has 116 valence electrons. The Kier molecular flexibility index (Phi) is 4.99. The Hall–Kier alpha value is -1.44. The highest BCUT2D eigenvalue weighted by molar-refractivity contribution is 9.11.